The van der Waals surface area contributed by atoms with E-state index in [1.165, 1.54) is 0 Å². The molecule has 0 spiro atoms. The molecule has 0 aliphatic carbocycles. The van der Waals surface area contributed by atoms with Gasteiger partial charge in [0, 0.05) is 33.6 Å². The summed E-state index contributed by atoms with van der Waals surface area (Å²) in [7, 11) is 0. The molecule has 1 atom stereocenters. The van der Waals surface area contributed by atoms with Gasteiger partial charge in [-0.2, -0.15) is 0 Å². The standard InChI is InChI=1S/C11H11Cl2N3S/c12-7-2-1-3-8(13)11(7)9(16-14)6-10-15-4-5-17-10/h1-5,9,16H,6,14H2. The first kappa shape index (κ1) is 12.8. The molecule has 0 fully saturated rings. The zero-order valence-electron chi connectivity index (χ0n) is 8.86. The van der Waals surface area contributed by atoms with Crippen LogP contribution in [-0.2, 0) is 6.42 Å². The molecular weight excluding hydrogens is 277 g/mol. The predicted molar refractivity (Wildman–Crippen MR) is 72.3 cm³/mol. The average Bonchev–Trinajstić information content (AvgIpc) is 2.80. The van der Waals surface area contributed by atoms with Gasteiger partial charge in [0.2, 0.25) is 0 Å². The molecule has 2 aromatic rings. The maximum Gasteiger partial charge on any atom is 0.0944 e. The Balaban J connectivity index is 2.29. The Morgan fingerprint density at radius 1 is 1.35 bits per heavy atom. The minimum atomic E-state index is -0.137. The summed E-state index contributed by atoms with van der Waals surface area (Å²) >= 11 is 13.9. The normalized spacial score (nSPS) is 12.6. The van der Waals surface area contributed by atoms with Crippen LogP contribution >= 0.6 is 34.5 Å². The van der Waals surface area contributed by atoms with Crippen LogP contribution in [0.3, 0.4) is 0 Å². The summed E-state index contributed by atoms with van der Waals surface area (Å²) in [5.74, 6) is 5.57. The second-order valence-electron chi connectivity index (χ2n) is 3.48. The molecule has 0 saturated heterocycles. The first-order valence-corrected chi connectivity index (χ1v) is 6.64. The van der Waals surface area contributed by atoms with Crippen molar-refractivity contribution in [1.82, 2.24) is 10.4 Å². The van der Waals surface area contributed by atoms with E-state index in [4.69, 9.17) is 29.0 Å². The van der Waals surface area contributed by atoms with Gasteiger partial charge in [0.05, 0.1) is 11.0 Å². The number of halogens is 2. The summed E-state index contributed by atoms with van der Waals surface area (Å²) in [5, 5.41) is 4.13. The van der Waals surface area contributed by atoms with E-state index in [2.05, 4.69) is 10.4 Å². The fraction of sp³-hybridized carbons (Fsp3) is 0.182. The summed E-state index contributed by atoms with van der Waals surface area (Å²) < 4.78 is 0. The van der Waals surface area contributed by atoms with Crippen molar-refractivity contribution in [2.75, 3.05) is 0 Å². The van der Waals surface area contributed by atoms with Gasteiger partial charge in [-0.05, 0) is 12.1 Å². The van der Waals surface area contributed by atoms with Gasteiger partial charge >= 0.3 is 0 Å². The number of thiazole rings is 1. The summed E-state index contributed by atoms with van der Waals surface area (Å²) in [6.45, 7) is 0. The lowest BCUT2D eigenvalue weighted by atomic mass is 10.0. The molecule has 17 heavy (non-hydrogen) atoms. The van der Waals surface area contributed by atoms with E-state index in [-0.39, 0.29) is 6.04 Å². The highest BCUT2D eigenvalue weighted by atomic mass is 35.5. The van der Waals surface area contributed by atoms with Gasteiger partial charge in [0.1, 0.15) is 0 Å². The van der Waals surface area contributed by atoms with E-state index in [1.54, 1.807) is 29.7 Å². The number of rotatable bonds is 4. The second kappa shape index (κ2) is 5.80. The first-order valence-electron chi connectivity index (χ1n) is 5.00. The van der Waals surface area contributed by atoms with Crippen molar-refractivity contribution < 1.29 is 0 Å². The van der Waals surface area contributed by atoms with Crippen LogP contribution in [0.4, 0.5) is 0 Å². The number of benzene rings is 1. The molecule has 0 radical (unpaired) electrons. The monoisotopic (exact) mass is 287 g/mol. The van der Waals surface area contributed by atoms with Gasteiger partial charge in [0.25, 0.3) is 0 Å². The van der Waals surface area contributed by atoms with E-state index in [0.29, 0.717) is 16.5 Å². The fourth-order valence-corrected chi connectivity index (χ4v) is 2.94. The molecule has 0 aliphatic heterocycles. The molecule has 0 amide bonds. The molecule has 1 unspecified atom stereocenters. The van der Waals surface area contributed by atoms with Gasteiger partial charge < -0.3 is 0 Å². The molecule has 0 aliphatic rings. The van der Waals surface area contributed by atoms with E-state index < -0.39 is 0 Å². The summed E-state index contributed by atoms with van der Waals surface area (Å²) in [6.07, 6.45) is 2.43. The number of nitrogens with zero attached hydrogens (tertiary/aromatic N) is 1. The van der Waals surface area contributed by atoms with Crippen LogP contribution in [0.2, 0.25) is 10.0 Å². The van der Waals surface area contributed by atoms with Crippen molar-refractivity contribution >= 4 is 34.5 Å². The summed E-state index contributed by atoms with van der Waals surface area (Å²) in [4.78, 5) is 4.23. The Morgan fingerprint density at radius 3 is 2.59 bits per heavy atom. The number of nitrogens with one attached hydrogen (secondary N) is 1. The molecule has 90 valence electrons. The van der Waals surface area contributed by atoms with Crippen molar-refractivity contribution in [3.8, 4) is 0 Å². The Labute approximate surface area is 114 Å². The number of nitrogens with two attached hydrogens (primary N) is 1. The molecule has 0 bridgehead atoms. The van der Waals surface area contributed by atoms with Gasteiger partial charge in [-0.25, -0.2) is 4.98 Å². The molecule has 1 aromatic heterocycles. The van der Waals surface area contributed by atoms with Crippen molar-refractivity contribution in [3.05, 3.63) is 50.4 Å². The predicted octanol–water partition coefficient (Wildman–Crippen LogP) is 3.20. The molecular formula is C11H11Cl2N3S. The highest BCUT2D eigenvalue weighted by Gasteiger charge is 2.18. The Kier molecular flexibility index (Phi) is 4.36. The summed E-state index contributed by atoms with van der Waals surface area (Å²) in [5.41, 5.74) is 3.55. The van der Waals surface area contributed by atoms with Gasteiger partial charge in [-0.15, -0.1) is 11.3 Å². The Morgan fingerprint density at radius 2 is 2.06 bits per heavy atom. The molecule has 6 heteroatoms. The van der Waals surface area contributed by atoms with Gasteiger partial charge in [-0.1, -0.05) is 29.3 Å². The third-order valence-corrected chi connectivity index (χ3v) is 3.87. The van der Waals surface area contributed by atoms with E-state index in [1.807, 2.05) is 11.4 Å². The van der Waals surface area contributed by atoms with Crippen molar-refractivity contribution in [2.24, 2.45) is 5.84 Å². The minimum absolute atomic E-state index is 0.137. The zero-order valence-corrected chi connectivity index (χ0v) is 11.2. The van der Waals surface area contributed by atoms with E-state index >= 15 is 0 Å². The number of aromatic nitrogens is 1. The largest absolute Gasteiger partial charge is 0.271 e. The van der Waals surface area contributed by atoms with Crippen LogP contribution in [0, 0.1) is 0 Å². The van der Waals surface area contributed by atoms with Crippen LogP contribution in [0.5, 0.6) is 0 Å². The lowest BCUT2D eigenvalue weighted by molar-refractivity contribution is 0.551. The zero-order chi connectivity index (χ0) is 12.3. The van der Waals surface area contributed by atoms with Gasteiger partial charge in [0.15, 0.2) is 0 Å². The number of hydrogen-bond acceptors (Lipinski definition) is 4. The number of hydrazine groups is 1. The van der Waals surface area contributed by atoms with Crippen LogP contribution in [0.1, 0.15) is 16.6 Å². The van der Waals surface area contributed by atoms with Crippen LogP contribution in [0.25, 0.3) is 0 Å². The van der Waals surface area contributed by atoms with Crippen LogP contribution in [-0.4, -0.2) is 4.98 Å². The van der Waals surface area contributed by atoms with Crippen LogP contribution in [0.15, 0.2) is 29.8 Å². The lowest BCUT2D eigenvalue weighted by Gasteiger charge is -2.17. The molecule has 3 N–H and O–H groups in total. The third-order valence-electron chi connectivity index (χ3n) is 2.41. The Hall–Kier alpha value is -0.650. The van der Waals surface area contributed by atoms with Crippen molar-refractivity contribution in [3.63, 3.8) is 0 Å². The lowest BCUT2D eigenvalue weighted by Crippen LogP contribution is -2.30. The molecule has 1 heterocycles. The molecule has 3 nitrogen and oxygen atoms in total. The van der Waals surface area contributed by atoms with E-state index in [9.17, 15) is 0 Å². The molecule has 1 aromatic carbocycles. The van der Waals surface area contributed by atoms with Gasteiger partial charge in [-0.3, -0.25) is 11.3 Å². The smallest absolute Gasteiger partial charge is 0.0944 e. The summed E-state index contributed by atoms with van der Waals surface area (Å²) in [6, 6.07) is 5.28. The fourth-order valence-electron chi connectivity index (χ4n) is 1.62. The molecule has 0 saturated carbocycles. The maximum atomic E-state index is 6.15. The average molecular weight is 288 g/mol. The van der Waals surface area contributed by atoms with Crippen molar-refractivity contribution in [2.45, 2.75) is 12.5 Å². The quantitative estimate of drug-likeness (QED) is 0.671. The number of hydrogen-bond donors (Lipinski definition) is 2. The first-order chi connectivity index (χ1) is 8.22. The minimum Gasteiger partial charge on any atom is -0.271 e. The van der Waals surface area contributed by atoms with Crippen LogP contribution < -0.4 is 11.3 Å². The molecule has 2 rings (SSSR count). The SMILES string of the molecule is NNC(Cc1nccs1)c1c(Cl)cccc1Cl. The maximum absolute atomic E-state index is 6.15. The highest BCUT2D eigenvalue weighted by molar-refractivity contribution is 7.09. The van der Waals surface area contributed by atoms with E-state index in [0.717, 1.165) is 10.6 Å². The topological polar surface area (TPSA) is 50.9 Å². The van der Waals surface area contributed by atoms with Crippen molar-refractivity contribution in [1.29, 1.82) is 0 Å². The Bertz CT molecular complexity index is 467. The second-order valence-corrected chi connectivity index (χ2v) is 5.28. The highest BCUT2D eigenvalue weighted by Crippen LogP contribution is 2.31. The third kappa shape index (κ3) is 2.97.